The predicted octanol–water partition coefficient (Wildman–Crippen LogP) is 3.62. The largest absolute Gasteiger partial charge is 0.352 e. The van der Waals surface area contributed by atoms with Gasteiger partial charge in [-0.05, 0) is 43.9 Å². The fraction of sp³-hybridized carbons (Fsp3) is 0.478. The molecule has 1 amide bonds. The van der Waals surface area contributed by atoms with Crippen molar-refractivity contribution in [2.75, 3.05) is 18.0 Å². The fourth-order valence-corrected chi connectivity index (χ4v) is 4.33. The molecule has 1 aliphatic carbocycles. The Kier molecular flexibility index (Phi) is 6.15. The number of unbranched alkanes of at least 4 members (excludes halogenated alkanes) is 1. The second-order valence-corrected chi connectivity index (χ2v) is 8.10. The molecule has 1 saturated heterocycles. The second kappa shape index (κ2) is 8.99. The summed E-state index contributed by atoms with van der Waals surface area (Å²) in [4.78, 5) is 32.2. The zero-order valence-corrected chi connectivity index (χ0v) is 18.0. The van der Waals surface area contributed by atoms with Gasteiger partial charge >= 0.3 is 0 Å². The highest BCUT2D eigenvalue weighted by Crippen LogP contribution is 2.34. The van der Waals surface area contributed by atoms with E-state index in [4.69, 9.17) is 4.98 Å². The standard InChI is InChI=1S/C23H28FN5O2/c1-3-5-9-25-23(31)18-14-26-29-11-8-20(27-22(18)29)28-10-6-7-19(28)17-13-16(24)12-15(4-2)21(17)30/h8,11-15,19H,3-7,9-10H2,1-2H3,(H,25,31)/t15?,19-/m1/s1. The minimum absolute atomic E-state index is 0.0118. The fourth-order valence-electron chi connectivity index (χ4n) is 4.33. The molecule has 7 nitrogen and oxygen atoms in total. The molecule has 0 bridgehead atoms. The lowest BCUT2D eigenvalue weighted by Crippen LogP contribution is -2.36. The van der Waals surface area contributed by atoms with Crippen LogP contribution in [0.15, 0.2) is 42.0 Å². The third kappa shape index (κ3) is 4.11. The number of carbonyl (C=O) groups excluding carboxylic acids is 2. The number of Topliss-reactive ketones (excluding diaryl/α,β-unsaturated/α-hetero) is 1. The average Bonchev–Trinajstić information content (AvgIpc) is 3.41. The van der Waals surface area contributed by atoms with Crippen LogP contribution >= 0.6 is 0 Å². The zero-order chi connectivity index (χ0) is 22.0. The molecule has 0 aromatic carbocycles. The van der Waals surface area contributed by atoms with Crippen LogP contribution < -0.4 is 10.2 Å². The van der Waals surface area contributed by atoms with E-state index in [0.29, 0.717) is 42.1 Å². The molecular formula is C23H28FN5O2. The maximum atomic E-state index is 14.2. The van der Waals surface area contributed by atoms with Gasteiger partial charge in [0.15, 0.2) is 11.4 Å². The van der Waals surface area contributed by atoms with Gasteiger partial charge in [-0.2, -0.15) is 5.10 Å². The van der Waals surface area contributed by atoms with Crippen LogP contribution in [0.3, 0.4) is 0 Å². The third-order valence-corrected chi connectivity index (χ3v) is 6.04. The number of hydrogen-bond acceptors (Lipinski definition) is 5. The Bertz CT molecular complexity index is 1060. The van der Waals surface area contributed by atoms with Gasteiger partial charge in [0.25, 0.3) is 5.91 Å². The van der Waals surface area contributed by atoms with Crippen LogP contribution in [0.1, 0.15) is 56.3 Å². The van der Waals surface area contributed by atoms with E-state index in [9.17, 15) is 14.0 Å². The molecule has 8 heteroatoms. The van der Waals surface area contributed by atoms with Crippen LogP contribution in [-0.2, 0) is 4.79 Å². The summed E-state index contributed by atoms with van der Waals surface area (Å²) in [5.74, 6) is -0.309. The predicted molar refractivity (Wildman–Crippen MR) is 117 cm³/mol. The number of nitrogens with zero attached hydrogens (tertiary/aromatic N) is 4. The number of ketones is 1. The molecule has 1 fully saturated rings. The maximum Gasteiger partial charge on any atom is 0.256 e. The van der Waals surface area contributed by atoms with Crippen LogP contribution in [0.5, 0.6) is 0 Å². The normalized spacial score (nSPS) is 21.4. The summed E-state index contributed by atoms with van der Waals surface area (Å²) in [5.41, 5.74) is 1.40. The molecule has 164 valence electrons. The van der Waals surface area contributed by atoms with E-state index in [2.05, 4.69) is 17.3 Å². The van der Waals surface area contributed by atoms with Gasteiger partial charge in [0.2, 0.25) is 0 Å². The first-order valence-electron chi connectivity index (χ1n) is 11.1. The Morgan fingerprint density at radius 2 is 2.19 bits per heavy atom. The van der Waals surface area contributed by atoms with Crippen molar-refractivity contribution >= 4 is 23.2 Å². The number of rotatable bonds is 7. The maximum absolute atomic E-state index is 14.2. The second-order valence-electron chi connectivity index (χ2n) is 8.10. The number of allylic oxidation sites excluding steroid dienone is 3. The van der Waals surface area contributed by atoms with Crippen LogP contribution in [0.2, 0.25) is 0 Å². The lowest BCUT2D eigenvalue weighted by molar-refractivity contribution is -0.118. The molecule has 2 aromatic rings. The molecule has 1 N–H and O–H groups in total. The lowest BCUT2D eigenvalue weighted by atomic mass is 9.86. The summed E-state index contributed by atoms with van der Waals surface area (Å²) in [7, 11) is 0. The van der Waals surface area contributed by atoms with Crippen LogP contribution in [0, 0.1) is 5.92 Å². The van der Waals surface area contributed by atoms with E-state index in [0.717, 1.165) is 25.7 Å². The molecule has 2 atom stereocenters. The lowest BCUT2D eigenvalue weighted by Gasteiger charge is -2.29. The van der Waals surface area contributed by atoms with Crippen LogP contribution in [0.25, 0.3) is 5.65 Å². The molecule has 1 unspecified atom stereocenters. The van der Waals surface area contributed by atoms with E-state index < -0.39 is 5.92 Å². The minimum atomic E-state index is -0.411. The quantitative estimate of drug-likeness (QED) is 0.686. The number of anilines is 1. The van der Waals surface area contributed by atoms with Gasteiger partial charge in [0.1, 0.15) is 17.2 Å². The van der Waals surface area contributed by atoms with E-state index in [-0.39, 0.29) is 23.6 Å². The Morgan fingerprint density at radius 3 is 2.97 bits per heavy atom. The van der Waals surface area contributed by atoms with E-state index in [1.807, 2.05) is 17.9 Å². The monoisotopic (exact) mass is 425 g/mol. The molecular weight excluding hydrogens is 397 g/mol. The summed E-state index contributed by atoms with van der Waals surface area (Å²) < 4.78 is 15.8. The molecule has 2 aromatic heterocycles. The number of carbonyl (C=O) groups is 2. The van der Waals surface area contributed by atoms with Gasteiger partial charge in [0.05, 0.1) is 12.2 Å². The van der Waals surface area contributed by atoms with Crippen molar-refractivity contribution in [3.05, 3.63) is 47.6 Å². The van der Waals surface area contributed by atoms with Crippen molar-refractivity contribution in [1.29, 1.82) is 0 Å². The first-order valence-corrected chi connectivity index (χ1v) is 11.1. The third-order valence-electron chi connectivity index (χ3n) is 6.04. The first-order chi connectivity index (χ1) is 15.0. The van der Waals surface area contributed by atoms with Crippen molar-refractivity contribution in [2.45, 2.75) is 52.0 Å². The van der Waals surface area contributed by atoms with Gasteiger partial charge < -0.3 is 10.2 Å². The van der Waals surface area contributed by atoms with Crippen LogP contribution in [0.4, 0.5) is 10.2 Å². The van der Waals surface area contributed by atoms with Gasteiger partial charge in [0, 0.05) is 30.8 Å². The zero-order valence-electron chi connectivity index (χ0n) is 18.0. The summed E-state index contributed by atoms with van der Waals surface area (Å²) >= 11 is 0. The number of halogens is 1. The topological polar surface area (TPSA) is 79.6 Å². The number of aromatic nitrogens is 3. The summed E-state index contributed by atoms with van der Waals surface area (Å²) in [6, 6.07) is 1.61. The molecule has 2 aliphatic rings. The van der Waals surface area contributed by atoms with Gasteiger partial charge in [-0.15, -0.1) is 0 Å². The molecule has 4 rings (SSSR count). The Hall–Kier alpha value is -3.03. The molecule has 0 saturated carbocycles. The van der Waals surface area contributed by atoms with E-state index in [1.54, 1.807) is 10.7 Å². The van der Waals surface area contributed by atoms with Gasteiger partial charge in [-0.25, -0.2) is 13.9 Å². The smallest absolute Gasteiger partial charge is 0.256 e. The SMILES string of the molecule is CCCCNC(=O)c1cnn2ccc(N3CCC[C@@H]3C3=CC(F)=CC(CC)C3=O)nc12. The Labute approximate surface area is 181 Å². The van der Waals surface area contributed by atoms with Crippen molar-refractivity contribution in [3.8, 4) is 0 Å². The Balaban J connectivity index is 1.63. The summed E-state index contributed by atoms with van der Waals surface area (Å²) in [6.45, 7) is 5.28. The molecule has 0 spiro atoms. The average molecular weight is 426 g/mol. The molecule has 3 heterocycles. The van der Waals surface area contributed by atoms with E-state index in [1.165, 1.54) is 18.3 Å². The van der Waals surface area contributed by atoms with Crippen LogP contribution in [-0.4, -0.2) is 45.4 Å². The number of fused-ring (bicyclic) bond motifs is 1. The van der Waals surface area contributed by atoms with E-state index >= 15 is 0 Å². The van der Waals surface area contributed by atoms with Crippen molar-refractivity contribution < 1.29 is 14.0 Å². The highest BCUT2D eigenvalue weighted by Gasteiger charge is 2.36. The highest BCUT2D eigenvalue weighted by atomic mass is 19.1. The van der Waals surface area contributed by atoms with Crippen molar-refractivity contribution in [3.63, 3.8) is 0 Å². The summed E-state index contributed by atoms with van der Waals surface area (Å²) in [5, 5.41) is 7.14. The van der Waals surface area contributed by atoms with Gasteiger partial charge in [-0.1, -0.05) is 20.3 Å². The highest BCUT2D eigenvalue weighted by molar-refractivity contribution is 6.02. The number of amides is 1. The first kappa shape index (κ1) is 21.2. The van der Waals surface area contributed by atoms with Crippen molar-refractivity contribution in [1.82, 2.24) is 19.9 Å². The van der Waals surface area contributed by atoms with Crippen molar-refractivity contribution in [2.24, 2.45) is 5.92 Å². The summed E-state index contributed by atoms with van der Waals surface area (Å²) in [6.07, 6.45) is 10.2. The minimum Gasteiger partial charge on any atom is -0.352 e. The molecule has 0 radical (unpaired) electrons. The Morgan fingerprint density at radius 1 is 1.35 bits per heavy atom. The van der Waals surface area contributed by atoms with Gasteiger partial charge in [-0.3, -0.25) is 9.59 Å². The molecule has 31 heavy (non-hydrogen) atoms. The molecule has 1 aliphatic heterocycles. The number of hydrogen-bond donors (Lipinski definition) is 1. The number of nitrogens with one attached hydrogen (secondary N) is 1.